The van der Waals surface area contributed by atoms with Crippen LogP contribution in [0.1, 0.15) is 10.4 Å². The first-order chi connectivity index (χ1) is 6.70. The Morgan fingerprint density at radius 2 is 2.07 bits per heavy atom. The molecule has 0 unspecified atom stereocenters. The quantitative estimate of drug-likeness (QED) is 0.782. The fourth-order valence-corrected chi connectivity index (χ4v) is 1.57. The third kappa shape index (κ3) is 1.32. The number of carboxylic acids is 1. The number of fused-ring (bicyclic) bond motifs is 1. The van der Waals surface area contributed by atoms with E-state index >= 15 is 0 Å². The van der Waals surface area contributed by atoms with Crippen LogP contribution < -0.4 is 0 Å². The third-order valence-electron chi connectivity index (χ3n) is 2.00. The second kappa shape index (κ2) is 3.27. The number of hydrogen-bond donors (Lipinski definition) is 1. The van der Waals surface area contributed by atoms with Gasteiger partial charge in [-0.15, -0.1) is 0 Å². The fraction of sp³-hybridized carbons (Fsp3) is 0. The first kappa shape index (κ1) is 8.97. The van der Waals surface area contributed by atoms with Crippen LogP contribution in [0.15, 0.2) is 30.6 Å². The summed E-state index contributed by atoms with van der Waals surface area (Å²) in [7, 11) is 0. The molecule has 0 saturated carbocycles. The summed E-state index contributed by atoms with van der Waals surface area (Å²) in [5.41, 5.74) is 0.220. The van der Waals surface area contributed by atoms with Crippen LogP contribution in [0.5, 0.6) is 0 Å². The number of hydrogen-bond acceptors (Lipinski definition) is 2. The van der Waals surface area contributed by atoms with Gasteiger partial charge in [0.25, 0.3) is 0 Å². The molecule has 4 heteroatoms. The minimum Gasteiger partial charge on any atom is -0.478 e. The number of pyridine rings is 1. The maximum absolute atomic E-state index is 10.9. The number of halogens is 1. The third-order valence-corrected chi connectivity index (χ3v) is 2.32. The van der Waals surface area contributed by atoms with Gasteiger partial charge in [-0.2, -0.15) is 0 Å². The van der Waals surface area contributed by atoms with Gasteiger partial charge < -0.3 is 5.11 Å². The highest BCUT2D eigenvalue weighted by Gasteiger charge is 2.09. The number of rotatable bonds is 1. The van der Waals surface area contributed by atoms with Crippen LogP contribution in [0.4, 0.5) is 0 Å². The molecule has 1 heterocycles. The van der Waals surface area contributed by atoms with Gasteiger partial charge in [-0.3, -0.25) is 4.98 Å². The van der Waals surface area contributed by atoms with Crippen molar-refractivity contribution in [2.24, 2.45) is 0 Å². The van der Waals surface area contributed by atoms with E-state index in [0.29, 0.717) is 15.8 Å². The summed E-state index contributed by atoms with van der Waals surface area (Å²) in [6.45, 7) is 0. The first-order valence-electron chi connectivity index (χ1n) is 3.95. The standard InChI is InChI=1S/C10H6ClNO2/c11-9-2-1-7(10(13)14)8-5-12-4-3-6(8)9/h1-5H,(H,13,14). The number of aromatic nitrogens is 1. The van der Waals surface area contributed by atoms with Crippen molar-refractivity contribution in [3.05, 3.63) is 41.2 Å². The lowest BCUT2D eigenvalue weighted by molar-refractivity contribution is 0.0699. The summed E-state index contributed by atoms with van der Waals surface area (Å²) in [4.78, 5) is 14.7. The first-order valence-corrected chi connectivity index (χ1v) is 4.33. The van der Waals surface area contributed by atoms with Crippen molar-refractivity contribution < 1.29 is 9.90 Å². The second-order valence-electron chi connectivity index (χ2n) is 2.82. The van der Waals surface area contributed by atoms with Crippen molar-refractivity contribution in [2.45, 2.75) is 0 Å². The molecule has 0 aliphatic carbocycles. The van der Waals surface area contributed by atoms with Crippen LogP contribution in [-0.4, -0.2) is 16.1 Å². The number of benzene rings is 1. The van der Waals surface area contributed by atoms with E-state index in [1.54, 1.807) is 18.3 Å². The van der Waals surface area contributed by atoms with Gasteiger partial charge in [-0.1, -0.05) is 11.6 Å². The molecule has 0 atom stereocenters. The van der Waals surface area contributed by atoms with Crippen LogP contribution in [0, 0.1) is 0 Å². The summed E-state index contributed by atoms with van der Waals surface area (Å²) >= 11 is 5.91. The minimum absolute atomic E-state index is 0.220. The summed E-state index contributed by atoms with van der Waals surface area (Å²) in [5, 5.41) is 10.7. The van der Waals surface area contributed by atoms with Gasteiger partial charge in [0.05, 0.1) is 5.56 Å². The normalized spacial score (nSPS) is 10.4. The van der Waals surface area contributed by atoms with Gasteiger partial charge in [0.15, 0.2) is 0 Å². The van der Waals surface area contributed by atoms with Crippen molar-refractivity contribution in [2.75, 3.05) is 0 Å². The highest BCUT2D eigenvalue weighted by Crippen LogP contribution is 2.25. The summed E-state index contributed by atoms with van der Waals surface area (Å²) in [6, 6.07) is 4.76. The molecular formula is C10H6ClNO2. The van der Waals surface area contributed by atoms with E-state index in [4.69, 9.17) is 16.7 Å². The van der Waals surface area contributed by atoms with E-state index in [0.717, 1.165) is 0 Å². The van der Waals surface area contributed by atoms with E-state index in [-0.39, 0.29) is 5.56 Å². The second-order valence-corrected chi connectivity index (χ2v) is 3.23. The molecule has 0 aliphatic heterocycles. The Hall–Kier alpha value is -1.61. The molecule has 0 radical (unpaired) electrons. The lowest BCUT2D eigenvalue weighted by Crippen LogP contribution is -1.97. The topological polar surface area (TPSA) is 50.2 Å². The van der Waals surface area contributed by atoms with Gasteiger partial charge in [-0.05, 0) is 18.2 Å². The van der Waals surface area contributed by atoms with Crippen molar-refractivity contribution in [1.29, 1.82) is 0 Å². The maximum atomic E-state index is 10.9. The molecule has 1 aromatic heterocycles. The van der Waals surface area contributed by atoms with Crippen molar-refractivity contribution in [3.8, 4) is 0 Å². The molecule has 1 N–H and O–H groups in total. The predicted octanol–water partition coefficient (Wildman–Crippen LogP) is 2.59. The van der Waals surface area contributed by atoms with Crippen LogP contribution in [0.25, 0.3) is 10.8 Å². The molecule has 0 saturated heterocycles. The Morgan fingerprint density at radius 1 is 1.29 bits per heavy atom. The van der Waals surface area contributed by atoms with E-state index in [1.165, 1.54) is 12.3 Å². The largest absolute Gasteiger partial charge is 0.478 e. The Bertz CT molecular complexity index is 510. The van der Waals surface area contributed by atoms with Gasteiger partial charge in [0.1, 0.15) is 0 Å². The molecular weight excluding hydrogens is 202 g/mol. The maximum Gasteiger partial charge on any atom is 0.336 e. The van der Waals surface area contributed by atoms with Crippen LogP contribution in [-0.2, 0) is 0 Å². The molecule has 0 aliphatic rings. The zero-order valence-electron chi connectivity index (χ0n) is 7.07. The summed E-state index contributed by atoms with van der Waals surface area (Å²) in [6.07, 6.45) is 3.09. The van der Waals surface area contributed by atoms with Gasteiger partial charge in [0.2, 0.25) is 0 Å². The molecule has 0 fully saturated rings. The van der Waals surface area contributed by atoms with Crippen LogP contribution in [0.2, 0.25) is 5.02 Å². The lowest BCUT2D eigenvalue weighted by Gasteiger charge is -2.02. The molecule has 0 spiro atoms. The molecule has 2 aromatic rings. The molecule has 14 heavy (non-hydrogen) atoms. The van der Waals surface area contributed by atoms with Gasteiger partial charge >= 0.3 is 5.97 Å². The Labute approximate surface area is 85.0 Å². The fourth-order valence-electron chi connectivity index (χ4n) is 1.34. The zero-order valence-corrected chi connectivity index (χ0v) is 7.82. The number of carbonyl (C=O) groups is 1. The molecule has 2 rings (SSSR count). The van der Waals surface area contributed by atoms with Crippen LogP contribution in [0.3, 0.4) is 0 Å². The SMILES string of the molecule is O=C(O)c1ccc(Cl)c2ccncc12. The van der Waals surface area contributed by atoms with Gasteiger partial charge in [0, 0.05) is 28.2 Å². The highest BCUT2D eigenvalue weighted by molar-refractivity contribution is 6.36. The molecule has 70 valence electrons. The van der Waals surface area contributed by atoms with Gasteiger partial charge in [-0.25, -0.2) is 4.79 Å². The lowest BCUT2D eigenvalue weighted by atomic mass is 10.1. The molecule has 1 aromatic carbocycles. The van der Waals surface area contributed by atoms with E-state index in [9.17, 15) is 4.79 Å². The zero-order chi connectivity index (χ0) is 10.1. The monoisotopic (exact) mass is 207 g/mol. The Morgan fingerprint density at radius 3 is 2.79 bits per heavy atom. The highest BCUT2D eigenvalue weighted by atomic mass is 35.5. The number of carboxylic acid groups (broad SMARTS) is 1. The number of nitrogens with zero attached hydrogens (tertiary/aromatic N) is 1. The Balaban J connectivity index is 2.88. The smallest absolute Gasteiger partial charge is 0.336 e. The van der Waals surface area contributed by atoms with E-state index in [1.807, 2.05) is 0 Å². The predicted molar refractivity (Wildman–Crippen MR) is 53.7 cm³/mol. The van der Waals surface area contributed by atoms with Crippen molar-refractivity contribution in [3.63, 3.8) is 0 Å². The van der Waals surface area contributed by atoms with Crippen molar-refractivity contribution in [1.82, 2.24) is 4.98 Å². The Kier molecular flexibility index (Phi) is 2.09. The molecule has 0 amide bonds. The van der Waals surface area contributed by atoms with Crippen LogP contribution >= 0.6 is 11.6 Å². The average molecular weight is 208 g/mol. The summed E-state index contributed by atoms with van der Waals surface area (Å²) < 4.78 is 0. The van der Waals surface area contributed by atoms with Crippen molar-refractivity contribution >= 4 is 28.3 Å². The molecule has 3 nitrogen and oxygen atoms in total. The minimum atomic E-state index is -0.973. The average Bonchev–Trinajstić information content (AvgIpc) is 2.18. The van der Waals surface area contributed by atoms with E-state index in [2.05, 4.69) is 4.98 Å². The number of aromatic carboxylic acids is 1. The molecule has 0 bridgehead atoms. The summed E-state index contributed by atoms with van der Waals surface area (Å²) in [5.74, 6) is -0.973. The van der Waals surface area contributed by atoms with E-state index < -0.39 is 5.97 Å².